The van der Waals surface area contributed by atoms with Crippen LogP contribution in [-0.2, 0) is 14.3 Å². The summed E-state index contributed by atoms with van der Waals surface area (Å²) in [4.78, 5) is 26.2. The molecular weight excluding hydrogens is 366 g/mol. The average Bonchev–Trinajstić information content (AvgIpc) is 3.27. The van der Waals surface area contributed by atoms with Gasteiger partial charge in [-0.2, -0.15) is 0 Å². The molecule has 0 aliphatic carbocycles. The average molecular weight is 389 g/mol. The number of hydrogen-bond acceptors (Lipinski definition) is 6. The minimum absolute atomic E-state index is 0.509. The summed E-state index contributed by atoms with van der Waals surface area (Å²) in [5.74, 6) is -0.553. The summed E-state index contributed by atoms with van der Waals surface area (Å²) in [5.41, 5.74) is 0.349. The summed E-state index contributed by atoms with van der Waals surface area (Å²) < 4.78 is 21.6. The number of benzene rings is 1. The molecule has 3 rings (SSSR count). The van der Waals surface area contributed by atoms with Gasteiger partial charge in [-0.25, -0.2) is 9.59 Å². The van der Waals surface area contributed by atoms with Crippen LogP contribution in [0.15, 0.2) is 47.3 Å². The van der Waals surface area contributed by atoms with Crippen LogP contribution < -0.4 is 4.74 Å². The van der Waals surface area contributed by atoms with Gasteiger partial charge in [-0.3, -0.25) is 4.90 Å². The third kappa shape index (κ3) is 3.96. The van der Waals surface area contributed by atoms with Gasteiger partial charge in [-0.15, -0.1) is 0 Å². The lowest BCUT2D eigenvalue weighted by Gasteiger charge is -2.31. The zero-order valence-corrected chi connectivity index (χ0v) is 16.1. The Balaban J connectivity index is 2.05. The van der Waals surface area contributed by atoms with Crippen LogP contribution in [0.4, 0.5) is 4.79 Å². The summed E-state index contributed by atoms with van der Waals surface area (Å²) in [7, 11) is 1.55. The van der Waals surface area contributed by atoms with Crippen molar-refractivity contribution in [3.8, 4) is 5.75 Å². The minimum Gasteiger partial charge on any atom is -0.497 e. The van der Waals surface area contributed by atoms with Gasteiger partial charge in [0.25, 0.3) is 0 Å². The number of carboxylic acid groups (broad SMARTS) is 1. The van der Waals surface area contributed by atoms with Crippen LogP contribution in [-0.4, -0.2) is 40.9 Å². The van der Waals surface area contributed by atoms with Crippen molar-refractivity contribution < 1.29 is 33.3 Å². The van der Waals surface area contributed by atoms with Gasteiger partial charge in [0.15, 0.2) is 12.3 Å². The maximum absolute atomic E-state index is 13.0. The van der Waals surface area contributed by atoms with E-state index in [1.54, 1.807) is 58.2 Å². The number of rotatable bonds is 4. The molecule has 3 atom stereocenters. The fraction of sp³-hybridized carbons (Fsp3) is 0.400. The van der Waals surface area contributed by atoms with Crippen LogP contribution in [0.25, 0.3) is 0 Å². The highest BCUT2D eigenvalue weighted by molar-refractivity contribution is 5.77. The molecule has 0 radical (unpaired) electrons. The van der Waals surface area contributed by atoms with Gasteiger partial charge in [0.2, 0.25) is 0 Å². The molecule has 2 aromatic rings. The molecule has 1 aliphatic rings. The van der Waals surface area contributed by atoms with Gasteiger partial charge in [0.05, 0.1) is 19.6 Å². The van der Waals surface area contributed by atoms with Crippen LogP contribution in [0.5, 0.6) is 5.75 Å². The number of ether oxygens (including phenoxy) is 3. The van der Waals surface area contributed by atoms with Crippen molar-refractivity contribution in [2.24, 2.45) is 0 Å². The van der Waals surface area contributed by atoms with E-state index in [0.29, 0.717) is 16.9 Å². The molecule has 1 amide bonds. The van der Waals surface area contributed by atoms with Crippen LogP contribution in [0.1, 0.15) is 44.2 Å². The highest BCUT2D eigenvalue weighted by Crippen LogP contribution is 2.44. The number of aliphatic carboxylic acids is 1. The Kier molecular flexibility index (Phi) is 5.33. The lowest BCUT2D eigenvalue weighted by atomic mass is 10.0. The monoisotopic (exact) mass is 389 g/mol. The van der Waals surface area contributed by atoms with Crippen LogP contribution in [0, 0.1) is 0 Å². The molecule has 0 spiro atoms. The number of methoxy groups -OCH3 is 1. The predicted octanol–water partition coefficient (Wildman–Crippen LogP) is 3.75. The normalized spacial score (nSPS) is 22.1. The Morgan fingerprint density at radius 1 is 1.11 bits per heavy atom. The molecule has 1 N–H and O–H groups in total. The maximum Gasteiger partial charge on any atom is 0.413 e. The first-order valence-electron chi connectivity index (χ1n) is 8.77. The van der Waals surface area contributed by atoms with Gasteiger partial charge in [-0.1, -0.05) is 12.1 Å². The van der Waals surface area contributed by atoms with E-state index in [1.807, 2.05) is 0 Å². The molecule has 150 valence electrons. The number of nitrogens with zero attached hydrogens (tertiary/aromatic N) is 1. The Morgan fingerprint density at radius 3 is 2.29 bits per heavy atom. The number of carboxylic acids is 1. The Bertz CT molecular complexity index is 823. The van der Waals surface area contributed by atoms with Crippen LogP contribution in [0.3, 0.4) is 0 Å². The minimum atomic E-state index is -1.28. The van der Waals surface area contributed by atoms with Crippen LogP contribution >= 0.6 is 0 Å². The first-order chi connectivity index (χ1) is 13.2. The molecule has 2 heterocycles. The summed E-state index contributed by atoms with van der Waals surface area (Å²) in [6, 6.07) is 7.57. The van der Waals surface area contributed by atoms with Crippen molar-refractivity contribution in [2.45, 2.75) is 44.7 Å². The van der Waals surface area contributed by atoms with Gasteiger partial charge in [0, 0.05) is 11.1 Å². The smallest absolute Gasteiger partial charge is 0.413 e. The summed E-state index contributed by atoms with van der Waals surface area (Å²) >= 11 is 0. The molecule has 0 saturated carbocycles. The van der Waals surface area contributed by atoms with E-state index in [-0.39, 0.29) is 0 Å². The van der Waals surface area contributed by atoms with Crippen LogP contribution in [0.2, 0.25) is 0 Å². The molecule has 1 saturated heterocycles. The third-order valence-electron chi connectivity index (χ3n) is 4.25. The molecule has 0 bridgehead atoms. The zero-order valence-electron chi connectivity index (χ0n) is 16.1. The molecule has 1 fully saturated rings. The molecule has 28 heavy (non-hydrogen) atoms. The third-order valence-corrected chi connectivity index (χ3v) is 4.25. The van der Waals surface area contributed by atoms with Gasteiger partial charge in [0.1, 0.15) is 17.4 Å². The van der Waals surface area contributed by atoms with Crippen molar-refractivity contribution in [3.05, 3.63) is 54.0 Å². The fourth-order valence-electron chi connectivity index (χ4n) is 3.07. The molecule has 1 aliphatic heterocycles. The van der Waals surface area contributed by atoms with Crippen molar-refractivity contribution in [3.63, 3.8) is 0 Å². The molecule has 8 heteroatoms. The van der Waals surface area contributed by atoms with E-state index in [2.05, 4.69) is 0 Å². The van der Waals surface area contributed by atoms with E-state index in [1.165, 1.54) is 17.4 Å². The zero-order chi connectivity index (χ0) is 20.5. The standard InChI is InChI=1S/C20H23NO7/c1-20(2,3)28-19(24)21-15(13-9-10-26-11-13)16(18(22)23)27-17(21)12-5-7-14(25-4)8-6-12/h5-11,15-17H,1-4H3,(H,22,23)/t15-,16+,17?/m0/s1. The molecule has 1 aromatic heterocycles. The van der Waals surface area contributed by atoms with Crippen molar-refractivity contribution in [1.82, 2.24) is 4.90 Å². The predicted molar refractivity (Wildman–Crippen MR) is 97.8 cm³/mol. The number of amides is 1. The van der Waals surface area contributed by atoms with Gasteiger partial charge < -0.3 is 23.7 Å². The summed E-state index contributed by atoms with van der Waals surface area (Å²) in [5, 5.41) is 9.71. The second-order valence-corrected chi connectivity index (χ2v) is 7.41. The topological polar surface area (TPSA) is 98.4 Å². The Labute approximate surface area is 162 Å². The van der Waals surface area contributed by atoms with Gasteiger partial charge >= 0.3 is 12.1 Å². The van der Waals surface area contributed by atoms with E-state index < -0.39 is 36.0 Å². The number of furan rings is 1. The second-order valence-electron chi connectivity index (χ2n) is 7.41. The first-order valence-corrected chi connectivity index (χ1v) is 8.77. The van der Waals surface area contributed by atoms with Crippen molar-refractivity contribution in [1.29, 1.82) is 0 Å². The second kappa shape index (κ2) is 7.55. The SMILES string of the molecule is COc1ccc(C2O[C@@H](C(=O)O)[C@H](c3ccoc3)N2C(=O)OC(C)(C)C)cc1. The number of carbonyl (C=O) groups is 2. The Hall–Kier alpha value is -3.00. The lowest BCUT2D eigenvalue weighted by Crippen LogP contribution is -2.40. The van der Waals surface area contributed by atoms with E-state index in [0.717, 1.165) is 0 Å². The summed E-state index contributed by atoms with van der Waals surface area (Å²) in [6.45, 7) is 5.23. The van der Waals surface area contributed by atoms with Gasteiger partial charge in [-0.05, 0) is 39.0 Å². The quantitative estimate of drug-likeness (QED) is 0.850. The van der Waals surface area contributed by atoms with Crippen molar-refractivity contribution in [2.75, 3.05) is 7.11 Å². The van der Waals surface area contributed by atoms with E-state index in [9.17, 15) is 14.7 Å². The van der Waals surface area contributed by atoms with E-state index in [4.69, 9.17) is 18.6 Å². The molecular formula is C20H23NO7. The highest BCUT2D eigenvalue weighted by atomic mass is 16.6. The maximum atomic E-state index is 13.0. The summed E-state index contributed by atoms with van der Waals surface area (Å²) in [6.07, 6.45) is -0.0813. The fourth-order valence-corrected chi connectivity index (χ4v) is 3.07. The number of carbonyl (C=O) groups excluding carboxylic acids is 1. The number of hydrogen-bond donors (Lipinski definition) is 1. The van der Waals surface area contributed by atoms with Crippen molar-refractivity contribution >= 4 is 12.1 Å². The molecule has 8 nitrogen and oxygen atoms in total. The van der Waals surface area contributed by atoms with E-state index >= 15 is 0 Å². The largest absolute Gasteiger partial charge is 0.497 e. The highest BCUT2D eigenvalue weighted by Gasteiger charge is 2.51. The lowest BCUT2D eigenvalue weighted by molar-refractivity contribution is -0.150. The first kappa shape index (κ1) is 19.8. The molecule has 1 aromatic carbocycles. The molecule has 1 unspecified atom stereocenters. The Morgan fingerprint density at radius 2 is 1.79 bits per heavy atom.